The minimum atomic E-state index is -0.263. The Morgan fingerprint density at radius 1 is 1.24 bits per heavy atom. The average Bonchev–Trinajstić information content (AvgIpc) is 2.61. The van der Waals surface area contributed by atoms with Gasteiger partial charge in [0.1, 0.15) is 0 Å². The molecule has 1 heterocycles. The molecule has 6 heteroatoms. The molecule has 1 aromatic rings. The predicted molar refractivity (Wildman–Crippen MR) is 98.8 cm³/mol. The van der Waals surface area contributed by atoms with E-state index < -0.39 is 0 Å². The van der Waals surface area contributed by atoms with E-state index in [0.717, 1.165) is 30.5 Å². The summed E-state index contributed by atoms with van der Waals surface area (Å²) in [5, 5.41) is 6.33. The first-order chi connectivity index (χ1) is 12.0. The fourth-order valence-corrected chi connectivity index (χ4v) is 3.14. The van der Waals surface area contributed by atoms with Crippen LogP contribution in [0.2, 0.25) is 0 Å². The van der Waals surface area contributed by atoms with Crippen molar-refractivity contribution in [3.63, 3.8) is 0 Å². The second-order valence-electron chi connectivity index (χ2n) is 6.34. The third kappa shape index (κ3) is 5.37. The second-order valence-corrected chi connectivity index (χ2v) is 6.34. The van der Waals surface area contributed by atoms with E-state index in [1.807, 2.05) is 19.1 Å². The lowest BCUT2D eigenvalue weighted by atomic mass is 10.1. The summed E-state index contributed by atoms with van der Waals surface area (Å²) < 4.78 is 5.01. The number of carbonyl (C=O) groups is 2. The van der Waals surface area contributed by atoms with Crippen LogP contribution in [0.5, 0.6) is 0 Å². The minimum absolute atomic E-state index is 0.0140. The highest BCUT2D eigenvalue weighted by atomic mass is 16.6. The van der Waals surface area contributed by atoms with Crippen LogP contribution in [0.15, 0.2) is 18.2 Å². The van der Waals surface area contributed by atoms with Gasteiger partial charge in [0.25, 0.3) is 0 Å². The number of nitrogens with one attached hydrogen (secondary N) is 2. The number of anilines is 1. The van der Waals surface area contributed by atoms with E-state index in [9.17, 15) is 9.59 Å². The molecule has 1 aromatic carbocycles. The van der Waals surface area contributed by atoms with Gasteiger partial charge < -0.3 is 20.3 Å². The van der Waals surface area contributed by atoms with Crippen LogP contribution in [0.4, 0.5) is 10.5 Å². The van der Waals surface area contributed by atoms with Gasteiger partial charge in [0.15, 0.2) is 0 Å². The van der Waals surface area contributed by atoms with E-state index in [-0.39, 0.29) is 24.6 Å². The number of carbonyl (C=O) groups excluding carboxylic acids is 2. The van der Waals surface area contributed by atoms with Crippen LogP contribution < -0.4 is 10.6 Å². The third-order valence-electron chi connectivity index (χ3n) is 4.55. The van der Waals surface area contributed by atoms with Crippen molar-refractivity contribution in [2.75, 3.05) is 31.6 Å². The maximum absolute atomic E-state index is 12.2. The van der Waals surface area contributed by atoms with Gasteiger partial charge in [-0.25, -0.2) is 4.79 Å². The number of rotatable bonds is 6. The van der Waals surface area contributed by atoms with E-state index in [0.29, 0.717) is 19.7 Å². The number of aryl methyl sites for hydroxylation is 2. The summed E-state index contributed by atoms with van der Waals surface area (Å²) in [6.07, 6.45) is 2.18. The summed E-state index contributed by atoms with van der Waals surface area (Å²) >= 11 is 0. The Bertz CT molecular complexity index is 596. The summed E-state index contributed by atoms with van der Waals surface area (Å²) in [5.41, 5.74) is 3.42. The lowest BCUT2D eigenvalue weighted by molar-refractivity contribution is -0.120. The molecule has 0 aliphatic carbocycles. The van der Waals surface area contributed by atoms with Gasteiger partial charge in [-0.1, -0.05) is 25.1 Å². The molecule has 0 radical (unpaired) electrons. The van der Waals surface area contributed by atoms with Crippen LogP contribution in [-0.4, -0.2) is 49.2 Å². The van der Waals surface area contributed by atoms with Crippen LogP contribution in [-0.2, 0) is 16.0 Å². The summed E-state index contributed by atoms with van der Waals surface area (Å²) in [5.74, 6) is -0.0140. The summed E-state index contributed by atoms with van der Waals surface area (Å²) in [4.78, 5) is 25.6. The van der Waals surface area contributed by atoms with Gasteiger partial charge in [-0.15, -0.1) is 0 Å². The SMILES string of the molecule is CCOC(=O)N1CCC(NC(=O)CNc2c(C)cccc2CC)CC1. The van der Waals surface area contributed by atoms with Crippen molar-refractivity contribution < 1.29 is 14.3 Å². The number of ether oxygens (including phenoxy) is 1. The number of nitrogens with zero attached hydrogens (tertiary/aromatic N) is 1. The summed E-state index contributed by atoms with van der Waals surface area (Å²) in [7, 11) is 0. The molecular weight excluding hydrogens is 318 g/mol. The second kappa shape index (κ2) is 9.30. The van der Waals surface area contributed by atoms with Gasteiger partial charge >= 0.3 is 6.09 Å². The zero-order chi connectivity index (χ0) is 18.2. The van der Waals surface area contributed by atoms with Crippen molar-refractivity contribution in [2.24, 2.45) is 0 Å². The Hall–Kier alpha value is -2.24. The molecule has 0 saturated carbocycles. The van der Waals surface area contributed by atoms with Crippen LogP contribution in [0.25, 0.3) is 0 Å². The number of para-hydroxylation sites is 1. The fraction of sp³-hybridized carbons (Fsp3) is 0.579. The Morgan fingerprint density at radius 2 is 1.96 bits per heavy atom. The average molecular weight is 347 g/mol. The van der Waals surface area contributed by atoms with Crippen molar-refractivity contribution in [3.05, 3.63) is 29.3 Å². The maximum Gasteiger partial charge on any atom is 0.409 e. The largest absolute Gasteiger partial charge is 0.450 e. The van der Waals surface area contributed by atoms with Crippen LogP contribution in [0.1, 0.15) is 37.8 Å². The molecule has 0 unspecified atom stereocenters. The Kier molecular flexibility index (Phi) is 7.10. The van der Waals surface area contributed by atoms with Gasteiger partial charge in [-0.05, 0) is 44.2 Å². The predicted octanol–water partition coefficient (Wildman–Crippen LogP) is 2.71. The van der Waals surface area contributed by atoms with Crippen LogP contribution >= 0.6 is 0 Å². The van der Waals surface area contributed by atoms with Crippen molar-refractivity contribution in [3.8, 4) is 0 Å². The third-order valence-corrected chi connectivity index (χ3v) is 4.55. The molecule has 2 N–H and O–H groups in total. The van der Waals surface area contributed by atoms with Crippen molar-refractivity contribution >= 4 is 17.7 Å². The number of amides is 2. The normalized spacial score (nSPS) is 14.9. The van der Waals surface area contributed by atoms with Crippen molar-refractivity contribution in [2.45, 2.75) is 46.1 Å². The Labute approximate surface area is 149 Å². The molecule has 25 heavy (non-hydrogen) atoms. The molecule has 0 spiro atoms. The molecule has 1 saturated heterocycles. The highest BCUT2D eigenvalue weighted by Gasteiger charge is 2.24. The zero-order valence-corrected chi connectivity index (χ0v) is 15.4. The first kappa shape index (κ1) is 19.1. The molecule has 1 aliphatic heterocycles. The number of likely N-dealkylation sites (tertiary alicyclic amines) is 1. The monoisotopic (exact) mass is 347 g/mol. The molecule has 2 rings (SSSR count). The molecule has 0 atom stereocenters. The molecule has 1 fully saturated rings. The lowest BCUT2D eigenvalue weighted by Crippen LogP contribution is -2.47. The van der Waals surface area contributed by atoms with Crippen molar-refractivity contribution in [1.29, 1.82) is 0 Å². The van der Waals surface area contributed by atoms with Crippen molar-refractivity contribution in [1.82, 2.24) is 10.2 Å². The van der Waals surface area contributed by atoms with Gasteiger partial charge in [0.05, 0.1) is 13.2 Å². The minimum Gasteiger partial charge on any atom is -0.450 e. The summed E-state index contributed by atoms with van der Waals surface area (Å²) in [6.45, 7) is 7.85. The lowest BCUT2D eigenvalue weighted by Gasteiger charge is -2.31. The molecule has 1 aliphatic rings. The smallest absolute Gasteiger partial charge is 0.409 e. The van der Waals surface area contributed by atoms with E-state index in [1.54, 1.807) is 11.8 Å². The molecule has 0 bridgehead atoms. The molecule has 0 aromatic heterocycles. The van der Waals surface area contributed by atoms with Crippen LogP contribution in [0, 0.1) is 6.92 Å². The van der Waals surface area contributed by atoms with Crippen LogP contribution in [0.3, 0.4) is 0 Å². The van der Waals surface area contributed by atoms with E-state index >= 15 is 0 Å². The van der Waals surface area contributed by atoms with E-state index in [4.69, 9.17) is 4.74 Å². The molecular formula is C19H29N3O3. The first-order valence-electron chi connectivity index (χ1n) is 9.08. The van der Waals surface area contributed by atoms with Gasteiger partial charge in [0.2, 0.25) is 5.91 Å². The van der Waals surface area contributed by atoms with Gasteiger partial charge in [-0.3, -0.25) is 4.79 Å². The number of piperidine rings is 1. The van der Waals surface area contributed by atoms with E-state index in [2.05, 4.69) is 23.6 Å². The number of benzene rings is 1. The van der Waals surface area contributed by atoms with Gasteiger partial charge in [-0.2, -0.15) is 0 Å². The molecule has 6 nitrogen and oxygen atoms in total. The fourth-order valence-electron chi connectivity index (χ4n) is 3.14. The number of hydrogen-bond acceptors (Lipinski definition) is 4. The van der Waals surface area contributed by atoms with E-state index in [1.165, 1.54) is 5.56 Å². The quantitative estimate of drug-likeness (QED) is 0.830. The number of hydrogen-bond donors (Lipinski definition) is 2. The highest BCUT2D eigenvalue weighted by molar-refractivity contribution is 5.81. The standard InChI is InChI=1S/C19H29N3O3/c1-4-15-8-6-7-14(3)18(15)20-13-17(23)21-16-9-11-22(12-10-16)19(24)25-5-2/h6-8,16,20H,4-5,9-13H2,1-3H3,(H,21,23). The molecule has 2 amide bonds. The van der Waals surface area contributed by atoms with Gasteiger partial charge in [0, 0.05) is 24.8 Å². The maximum atomic E-state index is 12.2. The molecule has 138 valence electrons. The topological polar surface area (TPSA) is 70.7 Å². The highest BCUT2D eigenvalue weighted by Crippen LogP contribution is 2.20. The first-order valence-corrected chi connectivity index (χ1v) is 9.08. The summed E-state index contributed by atoms with van der Waals surface area (Å²) in [6, 6.07) is 6.28. The zero-order valence-electron chi connectivity index (χ0n) is 15.4. The Morgan fingerprint density at radius 3 is 2.60 bits per heavy atom. The Balaban J connectivity index is 1.78.